The Balaban J connectivity index is 3.47. The number of aliphatic carboxylic acids is 1. The molecule has 1 amide bonds. The smallest absolute Gasteiger partial charge is 0.326 e. The second kappa shape index (κ2) is 20.8. The normalized spacial score (nSPS) is 12.4. The Hall–Kier alpha value is -0.970. The van der Waals surface area contributed by atoms with Crippen LogP contribution in [0.15, 0.2) is 12.2 Å². The Labute approximate surface area is 177 Å². The maximum absolute atomic E-state index is 11.9. The lowest BCUT2D eigenvalue weighted by atomic mass is 10.1. The van der Waals surface area contributed by atoms with Crippen molar-refractivity contribution in [2.24, 2.45) is 0 Å². The molecule has 0 heterocycles. The van der Waals surface area contributed by atoms with Gasteiger partial charge in [0.25, 0.3) is 0 Å². The Kier molecular flexibility index (Phi) is 20.0. The van der Waals surface area contributed by atoms with E-state index in [9.17, 15) is 9.59 Å². The molecule has 0 fully saturated rings. The monoisotopic (exact) mass is 413 g/mol. The van der Waals surface area contributed by atoms with Gasteiger partial charge in [-0.25, -0.2) is 4.79 Å². The predicted molar refractivity (Wildman–Crippen MR) is 122 cm³/mol. The van der Waals surface area contributed by atoms with Crippen molar-refractivity contribution in [3.8, 4) is 0 Å². The van der Waals surface area contributed by atoms with Crippen molar-refractivity contribution in [2.75, 3.05) is 12.0 Å². The van der Waals surface area contributed by atoms with Gasteiger partial charge in [-0.3, -0.25) is 4.79 Å². The maximum Gasteiger partial charge on any atom is 0.326 e. The minimum Gasteiger partial charge on any atom is -0.480 e. The fraction of sp³-hybridized carbons (Fsp3) is 0.826. The number of allylic oxidation sites excluding steroid dienone is 2. The third kappa shape index (κ3) is 18.4. The Morgan fingerprint density at radius 3 is 1.96 bits per heavy atom. The zero-order valence-corrected chi connectivity index (χ0v) is 19.0. The number of amides is 1. The average molecular weight is 414 g/mol. The topological polar surface area (TPSA) is 66.4 Å². The second-order valence-electron chi connectivity index (χ2n) is 7.57. The van der Waals surface area contributed by atoms with E-state index in [2.05, 4.69) is 24.4 Å². The molecule has 28 heavy (non-hydrogen) atoms. The van der Waals surface area contributed by atoms with Gasteiger partial charge in [0.05, 0.1) is 0 Å². The first-order chi connectivity index (χ1) is 13.6. The van der Waals surface area contributed by atoms with Crippen LogP contribution in [0.1, 0.15) is 103 Å². The second-order valence-corrected chi connectivity index (χ2v) is 8.56. The molecule has 0 aliphatic rings. The standard InChI is InChI=1S/C23H43NO3S/c1-3-4-5-6-7-8-9-10-11-12-13-14-15-16-17-18-22(25)24-21(23(26)27)19-20-28-2/h10-11,21H,3-9,12-20H2,1-2H3,(H,24,25)(H,26,27)/b11-10+/t21-/m0/s1. The fourth-order valence-electron chi connectivity index (χ4n) is 3.12. The molecule has 0 saturated heterocycles. The third-order valence-electron chi connectivity index (χ3n) is 4.91. The van der Waals surface area contributed by atoms with E-state index in [1.807, 2.05) is 6.26 Å². The van der Waals surface area contributed by atoms with Crippen LogP contribution in [-0.2, 0) is 9.59 Å². The molecule has 0 aliphatic heterocycles. The molecule has 0 unspecified atom stereocenters. The Morgan fingerprint density at radius 2 is 1.43 bits per heavy atom. The highest BCUT2D eigenvalue weighted by Crippen LogP contribution is 2.10. The maximum atomic E-state index is 11.9. The molecule has 5 heteroatoms. The molecule has 4 nitrogen and oxygen atoms in total. The molecule has 0 saturated carbocycles. The van der Waals surface area contributed by atoms with Crippen LogP contribution in [0.3, 0.4) is 0 Å². The highest BCUT2D eigenvalue weighted by Gasteiger charge is 2.18. The average Bonchev–Trinajstić information content (AvgIpc) is 2.67. The molecule has 0 aromatic heterocycles. The van der Waals surface area contributed by atoms with Crippen molar-refractivity contribution >= 4 is 23.6 Å². The van der Waals surface area contributed by atoms with Gasteiger partial charge in [-0.05, 0) is 50.5 Å². The Morgan fingerprint density at radius 1 is 0.893 bits per heavy atom. The number of hydrogen-bond donors (Lipinski definition) is 2. The van der Waals surface area contributed by atoms with Gasteiger partial charge < -0.3 is 10.4 Å². The van der Waals surface area contributed by atoms with Crippen LogP contribution >= 0.6 is 11.8 Å². The number of rotatable bonds is 20. The van der Waals surface area contributed by atoms with Gasteiger partial charge in [0.1, 0.15) is 6.04 Å². The van der Waals surface area contributed by atoms with Crippen molar-refractivity contribution in [3.05, 3.63) is 12.2 Å². The van der Waals surface area contributed by atoms with E-state index in [4.69, 9.17) is 5.11 Å². The van der Waals surface area contributed by atoms with E-state index >= 15 is 0 Å². The fourth-order valence-corrected chi connectivity index (χ4v) is 3.59. The lowest BCUT2D eigenvalue weighted by Crippen LogP contribution is -2.41. The molecule has 0 aromatic carbocycles. The molecule has 1 atom stereocenters. The molecular formula is C23H43NO3S. The number of unbranched alkanes of at least 4 members (excludes halogenated alkanes) is 11. The van der Waals surface area contributed by atoms with E-state index in [1.54, 1.807) is 11.8 Å². The van der Waals surface area contributed by atoms with E-state index in [1.165, 1.54) is 57.8 Å². The molecule has 0 radical (unpaired) electrons. The summed E-state index contributed by atoms with van der Waals surface area (Å²) in [7, 11) is 0. The highest BCUT2D eigenvalue weighted by atomic mass is 32.2. The number of thioether (sulfide) groups is 1. The number of nitrogens with one attached hydrogen (secondary N) is 1. The van der Waals surface area contributed by atoms with Crippen molar-refractivity contribution < 1.29 is 14.7 Å². The van der Waals surface area contributed by atoms with Gasteiger partial charge in [-0.15, -0.1) is 0 Å². The number of hydrogen-bond acceptors (Lipinski definition) is 3. The minimum absolute atomic E-state index is 0.133. The van der Waals surface area contributed by atoms with Gasteiger partial charge in [-0.1, -0.05) is 70.4 Å². The van der Waals surface area contributed by atoms with Gasteiger partial charge in [-0.2, -0.15) is 11.8 Å². The zero-order valence-electron chi connectivity index (χ0n) is 18.2. The molecule has 0 aromatic rings. The highest BCUT2D eigenvalue weighted by molar-refractivity contribution is 7.98. The van der Waals surface area contributed by atoms with Crippen LogP contribution in [0.5, 0.6) is 0 Å². The number of carboxylic acid groups (broad SMARTS) is 1. The summed E-state index contributed by atoms with van der Waals surface area (Å²) in [6.45, 7) is 2.25. The summed E-state index contributed by atoms with van der Waals surface area (Å²) in [6, 6.07) is -0.747. The molecule has 0 bridgehead atoms. The third-order valence-corrected chi connectivity index (χ3v) is 5.55. The first kappa shape index (κ1) is 27.0. The largest absolute Gasteiger partial charge is 0.480 e. The molecule has 2 N–H and O–H groups in total. The van der Waals surface area contributed by atoms with Crippen molar-refractivity contribution in [3.63, 3.8) is 0 Å². The lowest BCUT2D eigenvalue weighted by molar-refractivity contribution is -0.141. The van der Waals surface area contributed by atoms with Crippen molar-refractivity contribution in [2.45, 2.75) is 109 Å². The van der Waals surface area contributed by atoms with Gasteiger partial charge in [0, 0.05) is 6.42 Å². The molecule has 0 spiro atoms. The molecule has 0 rings (SSSR count). The summed E-state index contributed by atoms with van der Waals surface area (Å²) < 4.78 is 0. The summed E-state index contributed by atoms with van der Waals surface area (Å²) in [5.74, 6) is -0.330. The van der Waals surface area contributed by atoms with Crippen LogP contribution in [0, 0.1) is 0 Å². The Bertz CT molecular complexity index is 413. The lowest BCUT2D eigenvalue weighted by Gasteiger charge is -2.13. The van der Waals surface area contributed by atoms with Crippen molar-refractivity contribution in [1.29, 1.82) is 0 Å². The molecule has 0 aliphatic carbocycles. The van der Waals surface area contributed by atoms with E-state index in [0.717, 1.165) is 31.4 Å². The number of carbonyl (C=O) groups is 2. The summed E-state index contributed by atoms with van der Waals surface area (Å²) in [5, 5.41) is 11.8. The molecular weight excluding hydrogens is 370 g/mol. The first-order valence-electron chi connectivity index (χ1n) is 11.3. The quantitative estimate of drug-likeness (QED) is 0.180. The van der Waals surface area contributed by atoms with Crippen LogP contribution in [0.2, 0.25) is 0 Å². The van der Waals surface area contributed by atoms with E-state index in [-0.39, 0.29) is 5.91 Å². The van der Waals surface area contributed by atoms with E-state index in [0.29, 0.717) is 12.8 Å². The summed E-state index contributed by atoms with van der Waals surface area (Å²) in [5.41, 5.74) is 0. The summed E-state index contributed by atoms with van der Waals surface area (Å²) in [4.78, 5) is 23.0. The van der Waals surface area contributed by atoms with Gasteiger partial charge in [0.2, 0.25) is 5.91 Å². The number of carbonyl (C=O) groups excluding carboxylic acids is 1. The SMILES string of the molecule is CCCCCCCC/C=C/CCCCCCCC(=O)N[C@@H](CCSC)C(=O)O. The zero-order chi connectivity index (χ0) is 20.9. The van der Waals surface area contributed by atoms with Crippen LogP contribution in [0.25, 0.3) is 0 Å². The number of carboxylic acids is 1. The predicted octanol–water partition coefficient (Wildman–Crippen LogP) is 6.35. The first-order valence-corrected chi connectivity index (χ1v) is 12.7. The van der Waals surface area contributed by atoms with Crippen LogP contribution in [0.4, 0.5) is 0 Å². The van der Waals surface area contributed by atoms with Crippen molar-refractivity contribution in [1.82, 2.24) is 5.32 Å². The summed E-state index contributed by atoms with van der Waals surface area (Å²) in [6.07, 6.45) is 23.5. The summed E-state index contributed by atoms with van der Waals surface area (Å²) >= 11 is 1.59. The van der Waals surface area contributed by atoms with Gasteiger partial charge in [0.15, 0.2) is 0 Å². The molecule has 164 valence electrons. The van der Waals surface area contributed by atoms with E-state index < -0.39 is 12.0 Å². The minimum atomic E-state index is -0.938. The van der Waals surface area contributed by atoms with Gasteiger partial charge >= 0.3 is 5.97 Å². The van der Waals surface area contributed by atoms with Crippen LogP contribution in [-0.4, -0.2) is 35.0 Å². The van der Waals surface area contributed by atoms with Crippen LogP contribution < -0.4 is 5.32 Å².